The van der Waals surface area contributed by atoms with Crippen molar-refractivity contribution in [2.75, 3.05) is 13.7 Å². The first-order chi connectivity index (χ1) is 9.90. The Bertz CT molecular complexity index is 576. The fourth-order valence-electron chi connectivity index (χ4n) is 2.08. The van der Waals surface area contributed by atoms with E-state index < -0.39 is 16.4 Å². The summed E-state index contributed by atoms with van der Waals surface area (Å²) in [5.74, 6) is -0.252. The summed E-state index contributed by atoms with van der Waals surface area (Å²) in [6.07, 6.45) is 1.68. The van der Waals surface area contributed by atoms with Crippen LogP contribution in [0.1, 0.15) is 12.8 Å². The van der Waals surface area contributed by atoms with E-state index in [2.05, 4.69) is 15.9 Å². The van der Waals surface area contributed by atoms with Gasteiger partial charge in [0.1, 0.15) is 16.8 Å². The zero-order chi connectivity index (χ0) is 15.6. The highest BCUT2D eigenvalue weighted by Gasteiger charge is 2.50. The second-order valence-corrected chi connectivity index (χ2v) is 5.73. The van der Waals surface area contributed by atoms with E-state index >= 15 is 0 Å². The van der Waals surface area contributed by atoms with Crippen LogP contribution in [0, 0.1) is 16.0 Å². The lowest BCUT2D eigenvalue weighted by atomic mass is 9.96. The Morgan fingerprint density at radius 2 is 2.24 bits per heavy atom. The molecule has 0 bridgehead atoms. The van der Waals surface area contributed by atoms with Gasteiger partial charge in [0.05, 0.1) is 12.0 Å². The first-order valence-electron chi connectivity index (χ1n) is 6.33. The number of halogens is 1. The SMILES string of the molecule is COC(=O)C(N)(COc1cccc([N+](=O)[O-])c1Br)C1CC1. The minimum absolute atomic E-state index is 0.0161. The molecule has 1 aromatic carbocycles. The van der Waals surface area contributed by atoms with Crippen molar-refractivity contribution in [1.82, 2.24) is 0 Å². The maximum Gasteiger partial charge on any atom is 0.329 e. The molecule has 1 aliphatic carbocycles. The van der Waals surface area contributed by atoms with E-state index in [-0.39, 0.29) is 28.4 Å². The predicted molar refractivity (Wildman–Crippen MR) is 77.9 cm³/mol. The molecule has 0 radical (unpaired) electrons. The number of hydrogen-bond donors (Lipinski definition) is 1. The quantitative estimate of drug-likeness (QED) is 0.473. The fraction of sp³-hybridized carbons (Fsp3) is 0.462. The number of nitro benzene ring substituents is 1. The monoisotopic (exact) mass is 358 g/mol. The molecule has 1 saturated carbocycles. The fourth-order valence-corrected chi connectivity index (χ4v) is 2.60. The number of ether oxygens (including phenoxy) is 2. The normalized spacial score (nSPS) is 16.9. The van der Waals surface area contributed by atoms with Crippen LogP contribution in [0.5, 0.6) is 5.75 Å². The standard InChI is InChI=1S/C13H15BrN2O5/c1-20-12(17)13(15,8-5-6-8)7-21-10-4-2-3-9(11(10)14)16(18)19/h2-4,8H,5-7,15H2,1H3. The van der Waals surface area contributed by atoms with Crippen LogP contribution >= 0.6 is 15.9 Å². The maximum absolute atomic E-state index is 11.8. The van der Waals surface area contributed by atoms with Gasteiger partial charge in [-0.05, 0) is 40.8 Å². The highest BCUT2D eigenvalue weighted by Crippen LogP contribution is 2.40. The average molecular weight is 359 g/mol. The Morgan fingerprint density at radius 3 is 2.76 bits per heavy atom. The summed E-state index contributed by atoms with van der Waals surface area (Å²) in [6, 6.07) is 4.43. The van der Waals surface area contributed by atoms with Crippen molar-refractivity contribution in [2.45, 2.75) is 18.4 Å². The number of esters is 1. The molecule has 7 nitrogen and oxygen atoms in total. The molecule has 0 spiro atoms. The third-order valence-corrected chi connectivity index (χ3v) is 4.27. The number of nitrogens with two attached hydrogens (primary N) is 1. The van der Waals surface area contributed by atoms with Gasteiger partial charge in [-0.25, -0.2) is 4.79 Å². The molecule has 1 aromatic rings. The van der Waals surface area contributed by atoms with Gasteiger partial charge in [-0.1, -0.05) is 6.07 Å². The molecule has 114 valence electrons. The molecule has 8 heteroatoms. The van der Waals surface area contributed by atoms with Crippen LogP contribution in [0.25, 0.3) is 0 Å². The van der Waals surface area contributed by atoms with Crippen LogP contribution in [0.2, 0.25) is 0 Å². The van der Waals surface area contributed by atoms with Gasteiger partial charge in [-0.3, -0.25) is 10.1 Å². The van der Waals surface area contributed by atoms with E-state index in [1.807, 2.05) is 0 Å². The molecule has 2 rings (SSSR count). The van der Waals surface area contributed by atoms with Crippen molar-refractivity contribution in [1.29, 1.82) is 0 Å². The summed E-state index contributed by atoms with van der Waals surface area (Å²) < 4.78 is 10.5. The van der Waals surface area contributed by atoms with E-state index in [4.69, 9.17) is 15.2 Å². The predicted octanol–water partition coefficient (Wildman–Crippen LogP) is 2.02. The average Bonchev–Trinajstić information content (AvgIpc) is 3.29. The number of carbonyl (C=O) groups excluding carboxylic acids is 1. The van der Waals surface area contributed by atoms with Crippen molar-refractivity contribution in [3.05, 3.63) is 32.8 Å². The number of benzene rings is 1. The number of carbonyl (C=O) groups is 1. The minimum atomic E-state index is -1.22. The lowest BCUT2D eigenvalue weighted by Crippen LogP contribution is -2.55. The van der Waals surface area contributed by atoms with E-state index in [0.29, 0.717) is 0 Å². The summed E-state index contributed by atoms with van der Waals surface area (Å²) in [5.41, 5.74) is 4.77. The van der Waals surface area contributed by atoms with Gasteiger partial charge in [0.25, 0.3) is 5.69 Å². The molecule has 0 aromatic heterocycles. The number of hydrogen-bond acceptors (Lipinski definition) is 6. The highest BCUT2D eigenvalue weighted by atomic mass is 79.9. The number of nitrogens with zero attached hydrogens (tertiary/aromatic N) is 1. The number of methoxy groups -OCH3 is 1. The molecular weight excluding hydrogens is 344 g/mol. The molecule has 1 aliphatic rings. The first kappa shape index (κ1) is 15.7. The Balaban J connectivity index is 2.17. The lowest BCUT2D eigenvalue weighted by molar-refractivity contribution is -0.385. The number of nitro groups is 1. The summed E-state index contributed by atoms with van der Waals surface area (Å²) in [6.45, 7) is -0.0931. The molecule has 21 heavy (non-hydrogen) atoms. The Labute approximate surface area is 129 Å². The van der Waals surface area contributed by atoms with Gasteiger partial charge in [0.2, 0.25) is 0 Å². The highest BCUT2D eigenvalue weighted by molar-refractivity contribution is 9.10. The molecule has 1 unspecified atom stereocenters. The van der Waals surface area contributed by atoms with Gasteiger partial charge in [0.15, 0.2) is 5.54 Å². The van der Waals surface area contributed by atoms with Crippen molar-refractivity contribution in [3.8, 4) is 5.75 Å². The molecule has 0 heterocycles. The van der Waals surface area contributed by atoms with Crippen LogP contribution < -0.4 is 10.5 Å². The zero-order valence-electron chi connectivity index (χ0n) is 11.4. The summed E-state index contributed by atoms with van der Waals surface area (Å²) >= 11 is 3.13. The molecule has 1 atom stereocenters. The van der Waals surface area contributed by atoms with E-state index in [1.54, 1.807) is 6.07 Å². The van der Waals surface area contributed by atoms with Crippen LogP contribution in [-0.2, 0) is 9.53 Å². The molecule has 2 N–H and O–H groups in total. The van der Waals surface area contributed by atoms with Gasteiger partial charge in [0, 0.05) is 6.07 Å². The van der Waals surface area contributed by atoms with E-state index in [1.165, 1.54) is 19.2 Å². The van der Waals surface area contributed by atoms with Gasteiger partial charge in [-0.2, -0.15) is 0 Å². The van der Waals surface area contributed by atoms with Crippen LogP contribution in [-0.4, -0.2) is 30.1 Å². The summed E-state index contributed by atoms with van der Waals surface area (Å²) in [5, 5.41) is 10.9. The van der Waals surface area contributed by atoms with Crippen LogP contribution in [0.3, 0.4) is 0 Å². The second kappa shape index (κ2) is 5.98. The van der Waals surface area contributed by atoms with Crippen molar-refractivity contribution in [3.63, 3.8) is 0 Å². The third kappa shape index (κ3) is 3.16. The molecule has 0 saturated heterocycles. The van der Waals surface area contributed by atoms with Crippen LogP contribution in [0.4, 0.5) is 5.69 Å². The van der Waals surface area contributed by atoms with Crippen molar-refractivity contribution >= 4 is 27.6 Å². The Kier molecular flexibility index (Phi) is 4.48. The van der Waals surface area contributed by atoms with Crippen molar-refractivity contribution < 1.29 is 19.2 Å². The Morgan fingerprint density at radius 1 is 1.57 bits per heavy atom. The smallest absolute Gasteiger partial charge is 0.329 e. The van der Waals surface area contributed by atoms with Gasteiger partial charge < -0.3 is 15.2 Å². The third-order valence-electron chi connectivity index (χ3n) is 3.48. The lowest BCUT2D eigenvalue weighted by Gasteiger charge is -2.26. The zero-order valence-corrected chi connectivity index (χ0v) is 13.0. The minimum Gasteiger partial charge on any atom is -0.490 e. The molecule has 0 aliphatic heterocycles. The molecule has 1 fully saturated rings. The first-order valence-corrected chi connectivity index (χ1v) is 7.12. The number of rotatable bonds is 6. The maximum atomic E-state index is 11.8. The van der Waals surface area contributed by atoms with Crippen molar-refractivity contribution in [2.24, 2.45) is 11.7 Å². The summed E-state index contributed by atoms with van der Waals surface area (Å²) in [4.78, 5) is 22.2. The van der Waals surface area contributed by atoms with E-state index in [0.717, 1.165) is 12.8 Å². The summed E-state index contributed by atoms with van der Waals surface area (Å²) in [7, 11) is 1.27. The largest absolute Gasteiger partial charge is 0.490 e. The topological polar surface area (TPSA) is 105 Å². The molecule has 0 amide bonds. The van der Waals surface area contributed by atoms with Crippen LogP contribution in [0.15, 0.2) is 22.7 Å². The van der Waals surface area contributed by atoms with Gasteiger partial charge >= 0.3 is 5.97 Å². The second-order valence-electron chi connectivity index (χ2n) is 4.94. The molecular formula is C13H15BrN2O5. The van der Waals surface area contributed by atoms with E-state index in [9.17, 15) is 14.9 Å². The Hall–Kier alpha value is -1.67. The van der Waals surface area contributed by atoms with Gasteiger partial charge in [-0.15, -0.1) is 0 Å².